The van der Waals surface area contributed by atoms with Crippen LogP contribution in [-0.4, -0.2) is 96.9 Å². The van der Waals surface area contributed by atoms with Crippen molar-refractivity contribution in [3.05, 3.63) is 78.4 Å². The Morgan fingerprint density at radius 3 is 2.15 bits per heavy atom. The zero-order valence-corrected chi connectivity index (χ0v) is 26.4. The van der Waals surface area contributed by atoms with Gasteiger partial charge in [0, 0.05) is 38.4 Å². The van der Waals surface area contributed by atoms with E-state index in [0.29, 0.717) is 23.5 Å². The van der Waals surface area contributed by atoms with Crippen LogP contribution in [0.25, 0.3) is 0 Å². The fourth-order valence-electron chi connectivity index (χ4n) is 5.96. The van der Waals surface area contributed by atoms with Crippen LogP contribution >= 0.6 is 0 Å². The number of aliphatic hydroxyl groups excluding tert-OH is 3. The maximum Gasteiger partial charge on any atom is 0.182 e. The summed E-state index contributed by atoms with van der Waals surface area (Å²) in [6.07, 6.45) is 0.0990. The summed E-state index contributed by atoms with van der Waals surface area (Å²) < 4.78 is 22.7. The van der Waals surface area contributed by atoms with Crippen LogP contribution in [0.15, 0.2) is 72.8 Å². The molecule has 0 bridgehead atoms. The first-order valence-electron chi connectivity index (χ1n) is 16.2. The van der Waals surface area contributed by atoms with Gasteiger partial charge in [0.1, 0.15) is 47.9 Å². The minimum atomic E-state index is -1.67. The predicted octanol–water partition coefficient (Wildman–Crippen LogP) is 3.84. The fraction of sp³-hybridized carbons (Fsp3) is 0.472. The molecule has 46 heavy (non-hydrogen) atoms. The van der Waals surface area contributed by atoms with Crippen LogP contribution in [-0.2, 0) is 11.3 Å². The lowest BCUT2D eigenvalue weighted by molar-refractivity contribution is -0.132. The SMILES string of the molecule is COc1cccc(CN2CCN(c3ccc(OC[C@@H](O)[C@@H](O)[C@H](O)[C@H](C=O)Oc4ccc(OC5CCCCC5)cc4)cc3)CC2)c1. The number of hydrogen-bond acceptors (Lipinski definition) is 10. The average Bonchev–Trinajstić information content (AvgIpc) is 3.10. The molecule has 5 rings (SSSR count). The number of rotatable bonds is 15. The van der Waals surface area contributed by atoms with Gasteiger partial charge in [0.25, 0.3) is 0 Å². The maximum atomic E-state index is 11.7. The number of ether oxygens (including phenoxy) is 4. The third-order valence-corrected chi connectivity index (χ3v) is 8.70. The van der Waals surface area contributed by atoms with Gasteiger partial charge in [0.15, 0.2) is 12.4 Å². The summed E-state index contributed by atoms with van der Waals surface area (Å²) in [7, 11) is 1.68. The van der Waals surface area contributed by atoms with Crippen molar-refractivity contribution in [2.45, 2.75) is 69.2 Å². The molecule has 3 aromatic rings. The summed E-state index contributed by atoms with van der Waals surface area (Å²) in [4.78, 5) is 16.5. The quantitative estimate of drug-likeness (QED) is 0.213. The average molecular weight is 635 g/mol. The first-order chi connectivity index (χ1) is 22.4. The molecule has 1 aliphatic carbocycles. The van der Waals surface area contributed by atoms with Gasteiger partial charge in [-0.15, -0.1) is 0 Å². The molecule has 0 aromatic heterocycles. The summed E-state index contributed by atoms with van der Waals surface area (Å²) in [5.74, 6) is 2.43. The Hall–Kier alpha value is -3.83. The van der Waals surface area contributed by atoms with Gasteiger partial charge >= 0.3 is 0 Å². The van der Waals surface area contributed by atoms with Crippen molar-refractivity contribution in [2.24, 2.45) is 0 Å². The minimum absolute atomic E-state index is 0.208. The second-order valence-corrected chi connectivity index (χ2v) is 12.0. The van der Waals surface area contributed by atoms with E-state index in [9.17, 15) is 20.1 Å². The maximum absolute atomic E-state index is 11.7. The molecule has 2 aliphatic rings. The van der Waals surface area contributed by atoms with Crippen molar-refractivity contribution in [1.29, 1.82) is 0 Å². The molecule has 10 heteroatoms. The lowest BCUT2D eigenvalue weighted by Crippen LogP contribution is -2.49. The molecule has 0 unspecified atom stereocenters. The number of benzene rings is 3. The van der Waals surface area contributed by atoms with Crippen molar-refractivity contribution in [3.63, 3.8) is 0 Å². The summed E-state index contributed by atoms with van der Waals surface area (Å²) in [6, 6.07) is 22.5. The molecule has 3 N–H and O–H groups in total. The normalized spacial score (nSPS) is 18.7. The summed E-state index contributed by atoms with van der Waals surface area (Å²) >= 11 is 0. The van der Waals surface area contributed by atoms with E-state index in [0.717, 1.165) is 57.0 Å². The van der Waals surface area contributed by atoms with E-state index in [1.165, 1.54) is 24.8 Å². The van der Waals surface area contributed by atoms with Gasteiger partial charge < -0.3 is 39.2 Å². The lowest BCUT2D eigenvalue weighted by Gasteiger charge is -2.36. The van der Waals surface area contributed by atoms with Crippen molar-refractivity contribution < 1.29 is 39.1 Å². The molecule has 248 valence electrons. The summed E-state index contributed by atoms with van der Waals surface area (Å²) in [6.45, 7) is 4.26. The van der Waals surface area contributed by atoms with Gasteiger partial charge in [0.2, 0.25) is 0 Å². The fourth-order valence-corrected chi connectivity index (χ4v) is 5.96. The van der Waals surface area contributed by atoms with Gasteiger partial charge in [-0.3, -0.25) is 9.69 Å². The number of aldehydes is 1. The number of anilines is 1. The second kappa shape index (κ2) is 16.6. The van der Waals surface area contributed by atoms with Crippen LogP contribution in [0.2, 0.25) is 0 Å². The van der Waals surface area contributed by atoms with Crippen molar-refractivity contribution >= 4 is 12.0 Å². The smallest absolute Gasteiger partial charge is 0.182 e. The highest BCUT2D eigenvalue weighted by atomic mass is 16.5. The summed E-state index contributed by atoms with van der Waals surface area (Å²) in [5.41, 5.74) is 2.30. The van der Waals surface area contributed by atoms with E-state index in [2.05, 4.69) is 21.9 Å². The van der Waals surface area contributed by atoms with Crippen LogP contribution in [0.5, 0.6) is 23.0 Å². The molecule has 0 spiro atoms. The van der Waals surface area contributed by atoms with Crippen LogP contribution in [0.1, 0.15) is 37.7 Å². The first kappa shape index (κ1) is 33.5. The highest BCUT2D eigenvalue weighted by Crippen LogP contribution is 2.26. The Labute approximate surface area is 271 Å². The Balaban J connectivity index is 1.04. The van der Waals surface area contributed by atoms with Gasteiger partial charge in [0.05, 0.1) is 13.2 Å². The van der Waals surface area contributed by atoms with Crippen molar-refractivity contribution in [1.82, 2.24) is 4.90 Å². The largest absolute Gasteiger partial charge is 0.497 e. The zero-order valence-electron chi connectivity index (χ0n) is 26.4. The van der Waals surface area contributed by atoms with Crippen LogP contribution in [0, 0.1) is 0 Å². The number of carbonyl (C=O) groups excluding carboxylic acids is 1. The molecule has 4 atom stereocenters. The number of aliphatic hydroxyl groups is 3. The van der Waals surface area contributed by atoms with Crippen LogP contribution < -0.4 is 23.8 Å². The van der Waals surface area contributed by atoms with Crippen molar-refractivity contribution in [3.8, 4) is 23.0 Å². The van der Waals surface area contributed by atoms with E-state index in [4.69, 9.17) is 18.9 Å². The van der Waals surface area contributed by atoms with Gasteiger partial charge in [-0.1, -0.05) is 18.6 Å². The molecule has 1 saturated heterocycles. The molecule has 0 amide bonds. The molecule has 10 nitrogen and oxygen atoms in total. The molecule has 2 fully saturated rings. The van der Waals surface area contributed by atoms with E-state index >= 15 is 0 Å². The number of carbonyl (C=O) groups is 1. The van der Waals surface area contributed by atoms with E-state index < -0.39 is 24.4 Å². The number of hydrogen-bond donors (Lipinski definition) is 3. The topological polar surface area (TPSA) is 121 Å². The third-order valence-electron chi connectivity index (χ3n) is 8.70. The minimum Gasteiger partial charge on any atom is -0.497 e. The predicted molar refractivity (Wildman–Crippen MR) is 175 cm³/mol. The van der Waals surface area contributed by atoms with Gasteiger partial charge in [-0.25, -0.2) is 0 Å². The van der Waals surface area contributed by atoms with Crippen LogP contribution in [0.4, 0.5) is 5.69 Å². The number of nitrogens with zero attached hydrogens (tertiary/aromatic N) is 2. The van der Waals surface area contributed by atoms with Crippen molar-refractivity contribution in [2.75, 3.05) is 44.8 Å². The lowest BCUT2D eigenvalue weighted by atomic mass is 9.98. The molecular formula is C36H46N2O8. The van der Waals surface area contributed by atoms with Gasteiger partial charge in [-0.05, 0) is 91.9 Å². The van der Waals surface area contributed by atoms with Crippen LogP contribution in [0.3, 0.4) is 0 Å². The highest BCUT2D eigenvalue weighted by molar-refractivity contribution is 5.58. The van der Waals surface area contributed by atoms with Gasteiger partial charge in [-0.2, -0.15) is 0 Å². The van der Waals surface area contributed by atoms with E-state index in [1.54, 1.807) is 31.4 Å². The monoisotopic (exact) mass is 634 g/mol. The molecular weight excluding hydrogens is 588 g/mol. The molecule has 3 aromatic carbocycles. The third kappa shape index (κ3) is 9.35. The zero-order chi connectivity index (χ0) is 32.3. The Morgan fingerprint density at radius 1 is 0.804 bits per heavy atom. The Bertz CT molecular complexity index is 1340. The first-order valence-corrected chi connectivity index (χ1v) is 16.2. The Morgan fingerprint density at radius 2 is 1.48 bits per heavy atom. The van der Waals surface area contributed by atoms with E-state index in [-0.39, 0.29) is 12.7 Å². The molecule has 0 radical (unpaired) electrons. The standard InChI is InChI=1S/C36H46N2O8/c1-43-32-9-5-6-26(22-32)23-37-18-20-38(21-19-37)27-10-12-28(13-11-27)44-25-33(40)35(41)36(42)34(24-39)46-31-16-14-30(15-17-31)45-29-7-3-2-4-8-29/h5-6,9-17,22,24,29,33-36,40-42H,2-4,7-8,18-21,23,25H2,1H3/t33-,34+,35-,36-/m1/s1. The highest BCUT2D eigenvalue weighted by Gasteiger charge is 2.33. The number of methoxy groups -OCH3 is 1. The van der Waals surface area contributed by atoms with E-state index in [1.807, 2.05) is 36.4 Å². The molecule has 1 heterocycles. The molecule has 1 saturated carbocycles. The second-order valence-electron chi connectivity index (χ2n) is 12.0. The number of piperazine rings is 1. The Kier molecular flexibility index (Phi) is 12.1. The summed E-state index contributed by atoms with van der Waals surface area (Å²) in [5, 5.41) is 31.7. The molecule has 1 aliphatic heterocycles.